The number of aryl methyl sites for hydroxylation is 2. The molecule has 1 aliphatic carbocycles. The van der Waals surface area contributed by atoms with Crippen LogP contribution in [0.2, 0.25) is 0 Å². The topological polar surface area (TPSA) is 81.9 Å². The highest BCUT2D eigenvalue weighted by atomic mass is 16.5. The zero-order chi connectivity index (χ0) is 19.8. The fourth-order valence-electron chi connectivity index (χ4n) is 4.10. The second-order valence-corrected chi connectivity index (χ2v) is 7.64. The summed E-state index contributed by atoms with van der Waals surface area (Å²) in [6, 6.07) is 8.47. The minimum Gasteiger partial charge on any atom is -0.379 e. The number of amides is 1. The Labute approximate surface area is 169 Å². The molecule has 1 aliphatic heterocycles. The molecule has 7 heteroatoms. The molecule has 3 aromatic rings. The van der Waals surface area contributed by atoms with E-state index in [1.165, 1.54) is 5.56 Å². The molecule has 0 unspecified atom stereocenters. The maximum absolute atomic E-state index is 12.6. The van der Waals surface area contributed by atoms with Gasteiger partial charge in [-0.05, 0) is 43.7 Å². The third kappa shape index (κ3) is 3.31. The largest absolute Gasteiger partial charge is 0.379 e. The summed E-state index contributed by atoms with van der Waals surface area (Å²) in [5.41, 5.74) is 5.86. The van der Waals surface area contributed by atoms with Gasteiger partial charge in [0.15, 0.2) is 0 Å². The van der Waals surface area contributed by atoms with Crippen molar-refractivity contribution in [2.75, 3.05) is 13.2 Å². The summed E-state index contributed by atoms with van der Waals surface area (Å²) in [6.45, 7) is 3.12. The highest BCUT2D eigenvalue weighted by Gasteiger charge is 2.23. The van der Waals surface area contributed by atoms with E-state index in [2.05, 4.69) is 33.6 Å². The predicted octanol–water partition coefficient (Wildman–Crippen LogP) is 2.65. The van der Waals surface area contributed by atoms with Gasteiger partial charge in [-0.15, -0.1) is 0 Å². The molecule has 1 amide bonds. The van der Waals surface area contributed by atoms with Gasteiger partial charge in [-0.3, -0.25) is 4.79 Å². The Morgan fingerprint density at radius 3 is 2.93 bits per heavy atom. The van der Waals surface area contributed by atoms with Crippen molar-refractivity contribution in [2.24, 2.45) is 0 Å². The summed E-state index contributed by atoms with van der Waals surface area (Å²) in [7, 11) is 0. The minimum absolute atomic E-state index is 0.0606. The van der Waals surface area contributed by atoms with Crippen molar-refractivity contribution in [3.05, 3.63) is 59.0 Å². The second kappa shape index (κ2) is 7.40. The van der Waals surface area contributed by atoms with Gasteiger partial charge in [0.05, 0.1) is 35.8 Å². The number of fused-ring (bicyclic) bond motifs is 3. The number of carbonyl (C=O) groups is 1. The van der Waals surface area contributed by atoms with E-state index in [1.54, 1.807) is 10.9 Å². The third-order valence-corrected chi connectivity index (χ3v) is 5.73. The number of rotatable bonds is 3. The number of benzene rings is 1. The molecule has 29 heavy (non-hydrogen) atoms. The molecule has 1 fully saturated rings. The molecule has 1 aromatic carbocycles. The van der Waals surface area contributed by atoms with Gasteiger partial charge < -0.3 is 10.1 Å². The lowest BCUT2D eigenvalue weighted by Gasteiger charge is -2.11. The predicted molar refractivity (Wildman–Crippen MR) is 108 cm³/mol. The maximum atomic E-state index is 12.6. The summed E-state index contributed by atoms with van der Waals surface area (Å²) in [4.78, 5) is 22.1. The van der Waals surface area contributed by atoms with Crippen molar-refractivity contribution in [2.45, 2.75) is 38.6 Å². The first kappa shape index (κ1) is 18.0. The first-order valence-electron chi connectivity index (χ1n) is 10.1. The van der Waals surface area contributed by atoms with E-state index in [0.29, 0.717) is 24.7 Å². The number of ether oxygens (including phenoxy) is 1. The normalized spacial score (nSPS) is 18.0. The Kier molecular flexibility index (Phi) is 4.60. The molecule has 0 spiro atoms. The molecule has 2 aromatic heterocycles. The van der Waals surface area contributed by atoms with Gasteiger partial charge in [-0.1, -0.05) is 24.3 Å². The van der Waals surface area contributed by atoms with E-state index in [9.17, 15) is 4.79 Å². The standard InChI is InChI=1S/C22H23N5O2/c1-14-19(21(28)25-17-9-10-29-13-17)12-24-27(14)22-23-11-16-7-4-6-15-5-2-3-8-18(15)20(16)26-22/h2-3,5,8,11-12,17H,4,6-7,9-10,13H2,1H3,(H,25,28)/t17-/m0/s1. The Bertz CT molecular complexity index is 1070. The Morgan fingerprint density at radius 1 is 1.21 bits per heavy atom. The van der Waals surface area contributed by atoms with Gasteiger partial charge >= 0.3 is 0 Å². The Balaban J connectivity index is 1.49. The fraction of sp³-hybridized carbons (Fsp3) is 0.364. The molecule has 7 nitrogen and oxygen atoms in total. The van der Waals surface area contributed by atoms with Gasteiger partial charge in [0.25, 0.3) is 11.9 Å². The molecule has 148 valence electrons. The van der Waals surface area contributed by atoms with Crippen LogP contribution in [0.4, 0.5) is 0 Å². The van der Waals surface area contributed by atoms with Crippen LogP contribution in [0.1, 0.15) is 40.0 Å². The zero-order valence-corrected chi connectivity index (χ0v) is 16.4. The molecular formula is C22H23N5O2. The lowest BCUT2D eigenvalue weighted by Crippen LogP contribution is -2.35. The van der Waals surface area contributed by atoms with Crippen molar-refractivity contribution in [3.63, 3.8) is 0 Å². The maximum Gasteiger partial charge on any atom is 0.255 e. The first-order valence-corrected chi connectivity index (χ1v) is 10.1. The van der Waals surface area contributed by atoms with Crippen molar-refractivity contribution in [1.82, 2.24) is 25.1 Å². The average molecular weight is 389 g/mol. The lowest BCUT2D eigenvalue weighted by atomic mass is 10.0. The summed E-state index contributed by atoms with van der Waals surface area (Å²) in [6.07, 6.45) is 7.41. The summed E-state index contributed by atoms with van der Waals surface area (Å²) < 4.78 is 6.98. The van der Waals surface area contributed by atoms with Crippen molar-refractivity contribution in [1.29, 1.82) is 0 Å². The van der Waals surface area contributed by atoms with Gasteiger partial charge in [-0.2, -0.15) is 5.10 Å². The number of carbonyl (C=O) groups excluding carboxylic acids is 1. The average Bonchev–Trinajstić information content (AvgIpc) is 3.34. The summed E-state index contributed by atoms with van der Waals surface area (Å²) >= 11 is 0. The molecule has 0 bridgehead atoms. The van der Waals surface area contributed by atoms with Crippen LogP contribution in [0.25, 0.3) is 17.2 Å². The number of nitrogens with zero attached hydrogens (tertiary/aromatic N) is 4. The van der Waals surface area contributed by atoms with Crippen molar-refractivity contribution >= 4 is 5.91 Å². The smallest absolute Gasteiger partial charge is 0.255 e. The number of aromatic nitrogens is 4. The van der Waals surface area contributed by atoms with Crippen LogP contribution < -0.4 is 5.32 Å². The van der Waals surface area contributed by atoms with E-state index in [4.69, 9.17) is 9.72 Å². The second-order valence-electron chi connectivity index (χ2n) is 7.64. The molecule has 1 saturated heterocycles. The van der Waals surface area contributed by atoms with Gasteiger partial charge in [-0.25, -0.2) is 14.6 Å². The van der Waals surface area contributed by atoms with Gasteiger partial charge in [0.2, 0.25) is 0 Å². The molecule has 5 rings (SSSR count). The van der Waals surface area contributed by atoms with Crippen LogP contribution in [0.3, 0.4) is 0 Å². The van der Waals surface area contributed by atoms with E-state index < -0.39 is 0 Å². The van der Waals surface area contributed by atoms with Crippen LogP contribution in [0, 0.1) is 6.92 Å². The number of hydrogen-bond acceptors (Lipinski definition) is 5. The van der Waals surface area contributed by atoms with Gasteiger partial charge in [0, 0.05) is 18.4 Å². The van der Waals surface area contributed by atoms with Gasteiger partial charge in [0.1, 0.15) is 0 Å². The zero-order valence-electron chi connectivity index (χ0n) is 16.4. The molecule has 3 heterocycles. The Hall–Kier alpha value is -3.06. The summed E-state index contributed by atoms with van der Waals surface area (Å²) in [5, 5.41) is 7.42. The molecule has 1 N–H and O–H groups in total. The van der Waals surface area contributed by atoms with Crippen LogP contribution >= 0.6 is 0 Å². The van der Waals surface area contributed by atoms with E-state index in [-0.39, 0.29) is 11.9 Å². The lowest BCUT2D eigenvalue weighted by molar-refractivity contribution is 0.0929. The molecule has 0 saturated carbocycles. The Morgan fingerprint density at radius 2 is 2.07 bits per heavy atom. The first-order chi connectivity index (χ1) is 14.2. The van der Waals surface area contributed by atoms with Crippen LogP contribution in [0.15, 0.2) is 36.7 Å². The number of hydrogen-bond donors (Lipinski definition) is 1. The van der Waals surface area contributed by atoms with E-state index >= 15 is 0 Å². The van der Waals surface area contributed by atoms with Crippen LogP contribution in [-0.4, -0.2) is 44.9 Å². The fourth-order valence-corrected chi connectivity index (χ4v) is 4.10. The van der Waals surface area contributed by atoms with Crippen molar-refractivity contribution in [3.8, 4) is 17.2 Å². The monoisotopic (exact) mass is 389 g/mol. The van der Waals surface area contributed by atoms with E-state index in [1.807, 2.05) is 19.2 Å². The third-order valence-electron chi connectivity index (χ3n) is 5.73. The van der Waals surface area contributed by atoms with Crippen LogP contribution in [-0.2, 0) is 17.6 Å². The number of nitrogens with one attached hydrogen (secondary N) is 1. The SMILES string of the molecule is Cc1c(C(=O)N[C@H]2CCOC2)cnn1-c1ncc2c(n1)-c1ccccc1CCC2. The highest BCUT2D eigenvalue weighted by molar-refractivity contribution is 5.95. The summed E-state index contributed by atoms with van der Waals surface area (Å²) in [5.74, 6) is 0.352. The quantitative estimate of drug-likeness (QED) is 0.745. The van der Waals surface area contributed by atoms with Crippen molar-refractivity contribution < 1.29 is 9.53 Å². The molecule has 0 radical (unpaired) electrons. The highest BCUT2D eigenvalue weighted by Crippen LogP contribution is 2.31. The minimum atomic E-state index is -0.135. The van der Waals surface area contributed by atoms with E-state index in [0.717, 1.165) is 48.2 Å². The molecule has 2 aliphatic rings. The molecule has 1 atom stereocenters. The van der Waals surface area contributed by atoms with Crippen LogP contribution in [0.5, 0.6) is 0 Å². The molecular weight excluding hydrogens is 366 g/mol.